The van der Waals surface area contributed by atoms with Crippen LogP contribution in [0.5, 0.6) is 0 Å². The molecule has 152 valence electrons. The number of aliphatic hydroxyl groups excluding tert-OH is 3. The quantitative estimate of drug-likeness (QED) is 0.280. The van der Waals surface area contributed by atoms with Crippen molar-refractivity contribution in [1.82, 2.24) is 0 Å². The normalized spacial score (nSPS) is 16.6. The van der Waals surface area contributed by atoms with Gasteiger partial charge in [-0.1, -0.05) is 78.6 Å². The average molecular weight is 359 g/mol. The molecule has 0 bridgehead atoms. The van der Waals surface area contributed by atoms with Crippen LogP contribution in [-0.4, -0.2) is 33.6 Å². The van der Waals surface area contributed by atoms with Crippen LogP contribution >= 0.6 is 0 Å². The van der Waals surface area contributed by atoms with Gasteiger partial charge in [0.15, 0.2) is 0 Å². The standard InChI is InChI=1S/C22H46O3/c1-4-6-12-19(3)13-9-7-8-10-14-21(24)16-18-22(25)17-15-20(23)11-5-2/h19-25H,4-18H2,1-3H3. The van der Waals surface area contributed by atoms with Gasteiger partial charge in [0.2, 0.25) is 0 Å². The second kappa shape index (κ2) is 17.3. The first-order chi connectivity index (χ1) is 12.0. The van der Waals surface area contributed by atoms with Crippen LogP contribution in [0.2, 0.25) is 0 Å². The van der Waals surface area contributed by atoms with E-state index in [9.17, 15) is 15.3 Å². The maximum absolute atomic E-state index is 10.0. The minimum Gasteiger partial charge on any atom is -0.393 e. The zero-order valence-electron chi connectivity index (χ0n) is 17.3. The van der Waals surface area contributed by atoms with Crippen molar-refractivity contribution in [2.24, 2.45) is 5.92 Å². The molecule has 0 aliphatic rings. The molecule has 0 aliphatic heterocycles. The zero-order valence-corrected chi connectivity index (χ0v) is 17.3. The Balaban J connectivity index is 3.47. The highest BCUT2D eigenvalue weighted by atomic mass is 16.3. The van der Waals surface area contributed by atoms with Gasteiger partial charge in [-0.05, 0) is 44.4 Å². The van der Waals surface area contributed by atoms with E-state index in [0.717, 1.165) is 31.6 Å². The fraction of sp³-hybridized carbons (Fsp3) is 1.00. The topological polar surface area (TPSA) is 60.7 Å². The average Bonchev–Trinajstić information content (AvgIpc) is 2.59. The fourth-order valence-electron chi connectivity index (χ4n) is 3.46. The summed E-state index contributed by atoms with van der Waals surface area (Å²) in [4.78, 5) is 0. The largest absolute Gasteiger partial charge is 0.393 e. The van der Waals surface area contributed by atoms with Crippen molar-refractivity contribution in [1.29, 1.82) is 0 Å². The number of rotatable bonds is 18. The smallest absolute Gasteiger partial charge is 0.0542 e. The van der Waals surface area contributed by atoms with Gasteiger partial charge in [-0.2, -0.15) is 0 Å². The molecular formula is C22H46O3. The molecule has 0 aromatic rings. The van der Waals surface area contributed by atoms with Crippen molar-refractivity contribution in [2.45, 2.75) is 135 Å². The van der Waals surface area contributed by atoms with Gasteiger partial charge >= 0.3 is 0 Å². The van der Waals surface area contributed by atoms with Crippen LogP contribution in [0.1, 0.15) is 117 Å². The van der Waals surface area contributed by atoms with Crippen LogP contribution in [0, 0.1) is 5.92 Å². The highest BCUT2D eigenvalue weighted by Crippen LogP contribution is 2.18. The van der Waals surface area contributed by atoms with E-state index in [4.69, 9.17) is 0 Å². The third-order valence-corrected chi connectivity index (χ3v) is 5.32. The molecular weight excluding hydrogens is 312 g/mol. The summed E-state index contributed by atoms with van der Waals surface area (Å²) in [5.74, 6) is 0.864. The zero-order chi connectivity index (χ0) is 18.9. The van der Waals surface area contributed by atoms with Gasteiger partial charge in [-0.15, -0.1) is 0 Å². The molecule has 0 fully saturated rings. The van der Waals surface area contributed by atoms with Crippen molar-refractivity contribution >= 4 is 0 Å². The fourth-order valence-corrected chi connectivity index (χ4v) is 3.46. The van der Waals surface area contributed by atoms with Gasteiger partial charge in [0, 0.05) is 0 Å². The molecule has 0 saturated carbocycles. The minimum absolute atomic E-state index is 0.279. The van der Waals surface area contributed by atoms with E-state index in [1.165, 1.54) is 44.9 Å². The highest BCUT2D eigenvalue weighted by Gasteiger charge is 2.11. The molecule has 3 N–H and O–H groups in total. The van der Waals surface area contributed by atoms with Crippen molar-refractivity contribution in [3.63, 3.8) is 0 Å². The second-order valence-corrected chi connectivity index (χ2v) is 8.14. The molecule has 25 heavy (non-hydrogen) atoms. The van der Waals surface area contributed by atoms with E-state index in [1.807, 2.05) is 0 Å². The summed E-state index contributed by atoms with van der Waals surface area (Å²) in [6, 6.07) is 0. The summed E-state index contributed by atoms with van der Waals surface area (Å²) in [6.45, 7) is 6.68. The number of unbranched alkanes of at least 4 members (excludes halogenated alkanes) is 4. The van der Waals surface area contributed by atoms with Crippen LogP contribution in [0.25, 0.3) is 0 Å². The Bertz CT molecular complexity index is 270. The van der Waals surface area contributed by atoms with Crippen molar-refractivity contribution in [3.8, 4) is 0 Å². The lowest BCUT2D eigenvalue weighted by molar-refractivity contribution is 0.0828. The van der Waals surface area contributed by atoms with Gasteiger partial charge < -0.3 is 15.3 Å². The number of aliphatic hydroxyl groups is 3. The summed E-state index contributed by atoms with van der Waals surface area (Å²) >= 11 is 0. The molecule has 4 atom stereocenters. The third kappa shape index (κ3) is 17.1. The van der Waals surface area contributed by atoms with Gasteiger partial charge in [0.05, 0.1) is 18.3 Å². The van der Waals surface area contributed by atoms with Gasteiger partial charge in [-0.25, -0.2) is 0 Å². The Morgan fingerprint density at radius 1 is 0.480 bits per heavy atom. The molecule has 4 unspecified atom stereocenters. The third-order valence-electron chi connectivity index (χ3n) is 5.32. The molecule has 3 nitrogen and oxygen atoms in total. The van der Waals surface area contributed by atoms with Crippen LogP contribution < -0.4 is 0 Å². The van der Waals surface area contributed by atoms with E-state index in [0.29, 0.717) is 25.7 Å². The molecule has 0 rings (SSSR count). The van der Waals surface area contributed by atoms with Gasteiger partial charge in [-0.3, -0.25) is 0 Å². The maximum atomic E-state index is 10.0. The Morgan fingerprint density at radius 2 is 0.920 bits per heavy atom. The second-order valence-electron chi connectivity index (χ2n) is 8.14. The van der Waals surface area contributed by atoms with E-state index in [1.54, 1.807) is 0 Å². The minimum atomic E-state index is -0.384. The van der Waals surface area contributed by atoms with Gasteiger partial charge in [0.1, 0.15) is 0 Å². The van der Waals surface area contributed by atoms with E-state index < -0.39 is 0 Å². The monoisotopic (exact) mass is 358 g/mol. The van der Waals surface area contributed by atoms with Crippen molar-refractivity contribution in [3.05, 3.63) is 0 Å². The number of hydrogen-bond acceptors (Lipinski definition) is 3. The SMILES string of the molecule is CCCCC(C)CCCCCCC(O)CCC(O)CCC(O)CCC. The van der Waals surface area contributed by atoms with Crippen molar-refractivity contribution in [2.75, 3.05) is 0 Å². The predicted molar refractivity (Wildman–Crippen MR) is 108 cm³/mol. The first kappa shape index (κ1) is 24.9. The molecule has 0 aromatic carbocycles. The highest BCUT2D eigenvalue weighted by molar-refractivity contribution is 4.65. The van der Waals surface area contributed by atoms with Crippen molar-refractivity contribution < 1.29 is 15.3 Å². The van der Waals surface area contributed by atoms with Gasteiger partial charge in [0.25, 0.3) is 0 Å². The van der Waals surface area contributed by atoms with E-state index >= 15 is 0 Å². The predicted octanol–water partition coefficient (Wildman–Crippen LogP) is 5.60. The summed E-state index contributed by atoms with van der Waals surface area (Å²) in [5, 5.41) is 29.7. The maximum Gasteiger partial charge on any atom is 0.0542 e. The summed E-state index contributed by atoms with van der Waals surface area (Å²) in [6.07, 6.45) is 14.6. The Hall–Kier alpha value is -0.120. The first-order valence-corrected chi connectivity index (χ1v) is 11.0. The lowest BCUT2D eigenvalue weighted by atomic mass is 9.96. The molecule has 0 saturated heterocycles. The molecule has 0 heterocycles. The molecule has 3 heteroatoms. The number of hydrogen-bond donors (Lipinski definition) is 3. The Kier molecular flexibility index (Phi) is 17.2. The van der Waals surface area contributed by atoms with Crippen LogP contribution in [0.3, 0.4) is 0 Å². The molecule has 0 spiro atoms. The molecule has 0 radical (unpaired) electrons. The Morgan fingerprint density at radius 3 is 1.44 bits per heavy atom. The molecule has 0 aliphatic carbocycles. The van der Waals surface area contributed by atoms with E-state index in [-0.39, 0.29) is 18.3 Å². The van der Waals surface area contributed by atoms with Crippen LogP contribution in [0.15, 0.2) is 0 Å². The summed E-state index contributed by atoms with van der Waals surface area (Å²) in [5.41, 5.74) is 0. The summed E-state index contributed by atoms with van der Waals surface area (Å²) < 4.78 is 0. The van der Waals surface area contributed by atoms with Crippen LogP contribution in [-0.2, 0) is 0 Å². The van der Waals surface area contributed by atoms with Crippen LogP contribution in [0.4, 0.5) is 0 Å². The molecule has 0 aromatic heterocycles. The summed E-state index contributed by atoms with van der Waals surface area (Å²) in [7, 11) is 0. The lowest BCUT2D eigenvalue weighted by Gasteiger charge is -2.16. The first-order valence-electron chi connectivity index (χ1n) is 11.0. The Labute approximate surface area is 157 Å². The van der Waals surface area contributed by atoms with E-state index in [2.05, 4.69) is 20.8 Å². The molecule has 0 amide bonds. The lowest BCUT2D eigenvalue weighted by Crippen LogP contribution is -2.16.